The summed E-state index contributed by atoms with van der Waals surface area (Å²) in [6, 6.07) is 16.4. The van der Waals surface area contributed by atoms with Gasteiger partial charge >= 0.3 is 5.97 Å². The Hall–Kier alpha value is -3.09. The number of amidine groups is 1. The highest BCUT2D eigenvalue weighted by Crippen LogP contribution is 2.21. The molecule has 0 saturated heterocycles. The maximum absolute atomic E-state index is 11.9. The molecule has 2 N–H and O–H groups in total. The number of oxime groups is 1. The molecule has 0 aliphatic rings. The van der Waals surface area contributed by atoms with Crippen molar-refractivity contribution in [2.45, 2.75) is 0 Å². The standard InChI is InChI=1S/C19H13Cl2N3O3/c20-14-4-1-12(2-5-14)19(25)27-24-18(22)13-3-10-17(23-11-13)26-16-8-6-15(21)7-9-16/h1-11H,(H2,22,24). The number of carbonyl (C=O) groups excluding carboxylic acids is 1. The van der Waals surface area contributed by atoms with Crippen LogP contribution in [0.2, 0.25) is 10.0 Å². The Bertz CT molecular complexity index is 957. The van der Waals surface area contributed by atoms with E-state index in [1.807, 2.05) is 0 Å². The summed E-state index contributed by atoms with van der Waals surface area (Å²) in [5, 5.41) is 4.76. The number of nitrogens with zero attached hydrogens (tertiary/aromatic N) is 2. The lowest BCUT2D eigenvalue weighted by molar-refractivity contribution is 0.0516. The average Bonchev–Trinajstić information content (AvgIpc) is 2.69. The van der Waals surface area contributed by atoms with Crippen LogP contribution < -0.4 is 10.5 Å². The van der Waals surface area contributed by atoms with Crippen LogP contribution in [0.4, 0.5) is 0 Å². The topological polar surface area (TPSA) is 86.8 Å². The highest BCUT2D eigenvalue weighted by molar-refractivity contribution is 6.30. The van der Waals surface area contributed by atoms with E-state index in [9.17, 15) is 4.79 Å². The normalized spacial score (nSPS) is 11.1. The first kappa shape index (κ1) is 18.7. The lowest BCUT2D eigenvalue weighted by Gasteiger charge is -2.05. The largest absolute Gasteiger partial charge is 0.439 e. The van der Waals surface area contributed by atoms with Crippen LogP contribution in [0.5, 0.6) is 11.6 Å². The maximum atomic E-state index is 11.9. The Morgan fingerprint density at radius 3 is 2.07 bits per heavy atom. The van der Waals surface area contributed by atoms with Crippen molar-refractivity contribution in [2.75, 3.05) is 0 Å². The summed E-state index contributed by atoms with van der Waals surface area (Å²) in [7, 11) is 0. The number of pyridine rings is 1. The number of nitrogens with two attached hydrogens (primary N) is 1. The van der Waals surface area contributed by atoms with Crippen LogP contribution in [0, 0.1) is 0 Å². The van der Waals surface area contributed by atoms with E-state index < -0.39 is 5.97 Å². The highest BCUT2D eigenvalue weighted by Gasteiger charge is 2.08. The molecule has 3 aromatic rings. The highest BCUT2D eigenvalue weighted by atomic mass is 35.5. The van der Waals surface area contributed by atoms with Gasteiger partial charge in [-0.1, -0.05) is 28.4 Å². The second kappa shape index (κ2) is 8.53. The number of rotatable bonds is 5. The number of carbonyl (C=O) groups is 1. The number of hydrogen-bond donors (Lipinski definition) is 1. The predicted octanol–water partition coefficient (Wildman–Crippen LogP) is 4.66. The van der Waals surface area contributed by atoms with Crippen molar-refractivity contribution >= 4 is 35.0 Å². The predicted molar refractivity (Wildman–Crippen MR) is 103 cm³/mol. The third kappa shape index (κ3) is 5.20. The van der Waals surface area contributed by atoms with Crippen molar-refractivity contribution in [1.82, 2.24) is 4.98 Å². The minimum Gasteiger partial charge on any atom is -0.439 e. The zero-order valence-electron chi connectivity index (χ0n) is 13.8. The minimum atomic E-state index is -0.648. The lowest BCUT2D eigenvalue weighted by atomic mass is 10.2. The van der Waals surface area contributed by atoms with Gasteiger partial charge in [0.25, 0.3) is 0 Å². The molecule has 136 valence electrons. The molecule has 1 heterocycles. The number of ether oxygens (including phenoxy) is 1. The molecule has 27 heavy (non-hydrogen) atoms. The van der Waals surface area contributed by atoms with E-state index in [0.29, 0.717) is 32.8 Å². The van der Waals surface area contributed by atoms with Crippen molar-refractivity contribution in [3.05, 3.63) is 88.0 Å². The molecule has 0 aliphatic carbocycles. The number of halogens is 2. The summed E-state index contributed by atoms with van der Waals surface area (Å²) in [5.74, 6) is 0.318. The van der Waals surface area contributed by atoms with E-state index in [2.05, 4.69) is 10.1 Å². The molecule has 0 atom stereocenters. The quantitative estimate of drug-likeness (QED) is 0.290. The molecule has 6 nitrogen and oxygen atoms in total. The summed E-state index contributed by atoms with van der Waals surface area (Å²) < 4.78 is 5.59. The van der Waals surface area contributed by atoms with Crippen LogP contribution in [-0.2, 0) is 4.84 Å². The van der Waals surface area contributed by atoms with E-state index >= 15 is 0 Å². The average molecular weight is 402 g/mol. The van der Waals surface area contributed by atoms with Gasteiger partial charge in [0.05, 0.1) is 5.56 Å². The van der Waals surface area contributed by atoms with Crippen LogP contribution in [0.25, 0.3) is 0 Å². The first-order valence-electron chi connectivity index (χ1n) is 7.71. The monoisotopic (exact) mass is 401 g/mol. The SMILES string of the molecule is NC(=NOC(=O)c1ccc(Cl)cc1)c1ccc(Oc2ccc(Cl)cc2)nc1. The van der Waals surface area contributed by atoms with Crippen LogP contribution >= 0.6 is 23.2 Å². The van der Waals surface area contributed by atoms with Gasteiger partial charge < -0.3 is 15.3 Å². The molecule has 0 unspecified atom stereocenters. The molecule has 0 spiro atoms. The van der Waals surface area contributed by atoms with Gasteiger partial charge in [-0.2, -0.15) is 0 Å². The Morgan fingerprint density at radius 2 is 1.48 bits per heavy atom. The first-order valence-corrected chi connectivity index (χ1v) is 8.47. The molecule has 0 bridgehead atoms. The van der Waals surface area contributed by atoms with Gasteiger partial charge in [0, 0.05) is 27.9 Å². The van der Waals surface area contributed by atoms with Gasteiger partial charge in [0.1, 0.15) is 5.75 Å². The van der Waals surface area contributed by atoms with Crippen LogP contribution in [0.1, 0.15) is 15.9 Å². The van der Waals surface area contributed by atoms with Gasteiger partial charge in [-0.3, -0.25) is 0 Å². The summed E-state index contributed by atoms with van der Waals surface area (Å²) in [4.78, 5) is 20.9. The fourth-order valence-corrected chi connectivity index (χ4v) is 2.25. The van der Waals surface area contributed by atoms with Gasteiger partial charge in [-0.25, -0.2) is 9.78 Å². The molecule has 2 aromatic carbocycles. The lowest BCUT2D eigenvalue weighted by Crippen LogP contribution is -2.15. The molecule has 8 heteroatoms. The fraction of sp³-hybridized carbons (Fsp3) is 0. The second-order valence-electron chi connectivity index (χ2n) is 5.30. The first-order chi connectivity index (χ1) is 13.0. The van der Waals surface area contributed by atoms with Crippen LogP contribution in [-0.4, -0.2) is 16.8 Å². The van der Waals surface area contributed by atoms with Crippen LogP contribution in [0.15, 0.2) is 72.0 Å². The third-order valence-electron chi connectivity index (χ3n) is 3.37. The van der Waals surface area contributed by atoms with E-state index in [1.54, 1.807) is 48.5 Å². The Morgan fingerprint density at radius 1 is 0.889 bits per heavy atom. The summed E-state index contributed by atoms with van der Waals surface area (Å²) in [5.41, 5.74) is 6.60. The smallest absolute Gasteiger partial charge is 0.365 e. The fourth-order valence-electron chi connectivity index (χ4n) is 2.00. The van der Waals surface area contributed by atoms with E-state index in [1.165, 1.54) is 18.3 Å². The molecule has 0 amide bonds. The minimum absolute atomic E-state index is 0.00264. The van der Waals surface area contributed by atoms with Crippen molar-refractivity contribution in [3.8, 4) is 11.6 Å². The van der Waals surface area contributed by atoms with Gasteiger partial charge in [-0.15, -0.1) is 0 Å². The number of aromatic nitrogens is 1. The Labute approximate surface area is 165 Å². The van der Waals surface area contributed by atoms with Crippen molar-refractivity contribution in [3.63, 3.8) is 0 Å². The maximum Gasteiger partial charge on any atom is 0.365 e. The van der Waals surface area contributed by atoms with Gasteiger partial charge in [0.2, 0.25) is 5.88 Å². The summed E-state index contributed by atoms with van der Waals surface area (Å²) in [6.45, 7) is 0. The number of hydrogen-bond acceptors (Lipinski definition) is 5. The van der Waals surface area contributed by atoms with Gasteiger partial charge in [-0.05, 0) is 54.6 Å². The molecule has 1 aromatic heterocycles. The summed E-state index contributed by atoms with van der Waals surface area (Å²) >= 11 is 11.6. The zero-order chi connectivity index (χ0) is 19.2. The molecule has 0 fully saturated rings. The van der Waals surface area contributed by atoms with Crippen molar-refractivity contribution in [2.24, 2.45) is 10.9 Å². The zero-order valence-corrected chi connectivity index (χ0v) is 15.3. The van der Waals surface area contributed by atoms with E-state index in [4.69, 9.17) is 38.5 Å². The summed E-state index contributed by atoms with van der Waals surface area (Å²) in [6.07, 6.45) is 1.46. The van der Waals surface area contributed by atoms with Crippen molar-refractivity contribution in [1.29, 1.82) is 0 Å². The molecular weight excluding hydrogens is 389 g/mol. The molecule has 0 radical (unpaired) electrons. The Kier molecular flexibility index (Phi) is 5.90. The molecule has 0 aliphatic heterocycles. The van der Waals surface area contributed by atoms with E-state index in [0.717, 1.165) is 0 Å². The van der Waals surface area contributed by atoms with Gasteiger partial charge in [0.15, 0.2) is 5.84 Å². The third-order valence-corrected chi connectivity index (χ3v) is 3.88. The van der Waals surface area contributed by atoms with Crippen molar-refractivity contribution < 1.29 is 14.4 Å². The molecular formula is C19H13Cl2N3O3. The Balaban J connectivity index is 1.63. The van der Waals surface area contributed by atoms with E-state index in [-0.39, 0.29) is 5.84 Å². The molecule has 3 rings (SSSR count). The second-order valence-corrected chi connectivity index (χ2v) is 6.18. The van der Waals surface area contributed by atoms with Crippen LogP contribution in [0.3, 0.4) is 0 Å². The number of benzene rings is 2. The molecule has 0 saturated carbocycles.